The van der Waals surface area contributed by atoms with E-state index in [1.807, 2.05) is 36.4 Å². The highest BCUT2D eigenvalue weighted by Gasteiger charge is 2.19. The zero-order chi connectivity index (χ0) is 25.5. The Labute approximate surface area is 222 Å². The maximum absolute atomic E-state index is 6.61. The van der Waals surface area contributed by atoms with E-state index in [9.17, 15) is 0 Å². The quantitative estimate of drug-likeness (QED) is 0.237. The molecule has 0 unspecified atom stereocenters. The Morgan fingerprint density at radius 2 is 1.15 bits per heavy atom. The normalized spacial score (nSPS) is 12.1. The van der Waals surface area contributed by atoms with Gasteiger partial charge in [-0.15, -0.1) is 0 Å². The molecule has 0 bridgehead atoms. The van der Waals surface area contributed by atoms with E-state index < -0.39 is 0 Å². The lowest BCUT2D eigenvalue weighted by atomic mass is 10.00. The minimum Gasteiger partial charge on any atom is -0.455 e. The number of hydrogen-bond donors (Lipinski definition) is 0. The molecular weight excluding hydrogens is 480 g/mol. The summed E-state index contributed by atoms with van der Waals surface area (Å²) in [4.78, 5) is 4.81. The van der Waals surface area contributed by atoms with Crippen molar-refractivity contribution in [2.75, 3.05) is 0 Å². The Kier molecular flexibility index (Phi) is 4.02. The van der Waals surface area contributed by atoms with Crippen LogP contribution in [0.15, 0.2) is 130 Å². The maximum Gasteiger partial charge on any atom is 0.227 e. The van der Waals surface area contributed by atoms with Gasteiger partial charge in [-0.1, -0.05) is 72.8 Å². The van der Waals surface area contributed by atoms with E-state index in [4.69, 9.17) is 13.8 Å². The highest BCUT2D eigenvalue weighted by Crippen LogP contribution is 2.41. The number of para-hydroxylation sites is 4. The van der Waals surface area contributed by atoms with Crippen molar-refractivity contribution in [3.8, 4) is 17.1 Å². The van der Waals surface area contributed by atoms with E-state index in [2.05, 4.69) is 89.5 Å². The molecule has 0 atom stereocenters. The molecule has 0 aliphatic carbocycles. The monoisotopic (exact) mass is 500 g/mol. The summed E-state index contributed by atoms with van der Waals surface area (Å²) in [6, 6.07) is 42.0. The van der Waals surface area contributed by atoms with Gasteiger partial charge in [0.2, 0.25) is 5.89 Å². The van der Waals surface area contributed by atoms with Crippen molar-refractivity contribution in [3.05, 3.63) is 121 Å². The van der Waals surface area contributed by atoms with Crippen LogP contribution in [-0.2, 0) is 0 Å². The molecule has 0 radical (unpaired) electrons. The Balaban J connectivity index is 1.33. The molecular formula is C35H20N2O2. The van der Waals surface area contributed by atoms with Crippen LogP contribution in [-0.4, -0.2) is 9.55 Å². The first-order valence-electron chi connectivity index (χ1n) is 13.1. The Bertz CT molecular complexity index is 2320. The maximum atomic E-state index is 6.61. The lowest BCUT2D eigenvalue weighted by molar-refractivity contribution is 0.620. The first kappa shape index (κ1) is 20.7. The van der Waals surface area contributed by atoms with Gasteiger partial charge in [-0.3, -0.25) is 0 Å². The molecule has 9 rings (SSSR count). The summed E-state index contributed by atoms with van der Waals surface area (Å²) >= 11 is 0. The number of nitrogens with zero attached hydrogens (tertiary/aromatic N) is 2. The third kappa shape index (κ3) is 2.85. The van der Waals surface area contributed by atoms with Gasteiger partial charge in [-0.25, -0.2) is 4.98 Å². The van der Waals surface area contributed by atoms with Crippen LogP contribution in [0, 0.1) is 0 Å². The molecule has 0 aliphatic heterocycles. The summed E-state index contributed by atoms with van der Waals surface area (Å²) in [5.41, 5.74) is 7.75. The van der Waals surface area contributed by atoms with Crippen molar-refractivity contribution >= 4 is 65.6 Å². The minimum atomic E-state index is 0.616. The number of hydrogen-bond acceptors (Lipinski definition) is 3. The summed E-state index contributed by atoms with van der Waals surface area (Å²) in [6.45, 7) is 0. The van der Waals surface area contributed by atoms with E-state index in [-0.39, 0.29) is 0 Å². The molecule has 6 aromatic carbocycles. The lowest BCUT2D eigenvalue weighted by Crippen LogP contribution is -1.93. The molecule has 0 saturated heterocycles. The van der Waals surface area contributed by atoms with Gasteiger partial charge < -0.3 is 13.4 Å². The SMILES string of the molecule is c1ccc2oc(-c3cc4c5ccc(-n6c7ccccc7c7ccccc76)cc5oc4c4ccccc34)nc2c1. The molecule has 0 fully saturated rings. The first-order valence-corrected chi connectivity index (χ1v) is 13.1. The molecule has 4 heteroatoms. The second kappa shape index (κ2) is 7.59. The number of benzene rings is 6. The molecule has 4 nitrogen and oxygen atoms in total. The van der Waals surface area contributed by atoms with E-state index in [0.29, 0.717) is 5.89 Å². The summed E-state index contributed by atoms with van der Waals surface area (Å²) in [7, 11) is 0. The number of rotatable bonds is 2. The third-order valence-electron chi connectivity index (χ3n) is 7.83. The molecule has 0 N–H and O–H groups in total. The average Bonchev–Trinajstić information content (AvgIpc) is 3.68. The van der Waals surface area contributed by atoms with E-state index >= 15 is 0 Å². The highest BCUT2D eigenvalue weighted by molar-refractivity contribution is 6.19. The predicted molar refractivity (Wildman–Crippen MR) is 159 cm³/mol. The van der Waals surface area contributed by atoms with Crippen LogP contribution < -0.4 is 0 Å². The van der Waals surface area contributed by atoms with Gasteiger partial charge in [0.15, 0.2) is 5.58 Å². The summed E-state index contributed by atoms with van der Waals surface area (Å²) < 4.78 is 15.1. The van der Waals surface area contributed by atoms with Crippen molar-refractivity contribution < 1.29 is 8.83 Å². The van der Waals surface area contributed by atoms with Gasteiger partial charge in [0.05, 0.1) is 11.0 Å². The smallest absolute Gasteiger partial charge is 0.227 e. The molecule has 3 heterocycles. The van der Waals surface area contributed by atoms with Gasteiger partial charge >= 0.3 is 0 Å². The Hall–Kier alpha value is -5.35. The number of oxazole rings is 1. The highest BCUT2D eigenvalue weighted by atomic mass is 16.3. The summed E-state index contributed by atoms with van der Waals surface area (Å²) in [5.74, 6) is 0.616. The van der Waals surface area contributed by atoms with Gasteiger partial charge in [0, 0.05) is 44.2 Å². The second-order valence-corrected chi connectivity index (χ2v) is 9.99. The van der Waals surface area contributed by atoms with Gasteiger partial charge in [-0.2, -0.15) is 0 Å². The molecule has 39 heavy (non-hydrogen) atoms. The van der Waals surface area contributed by atoms with Crippen LogP contribution in [0.4, 0.5) is 0 Å². The van der Waals surface area contributed by atoms with Crippen molar-refractivity contribution in [1.29, 1.82) is 0 Å². The van der Waals surface area contributed by atoms with Crippen molar-refractivity contribution in [2.24, 2.45) is 0 Å². The van der Waals surface area contributed by atoms with E-state index in [0.717, 1.165) is 55.1 Å². The lowest BCUT2D eigenvalue weighted by Gasteiger charge is -2.07. The fourth-order valence-electron chi connectivity index (χ4n) is 6.09. The summed E-state index contributed by atoms with van der Waals surface area (Å²) in [5, 5.41) is 6.70. The minimum absolute atomic E-state index is 0.616. The zero-order valence-electron chi connectivity index (χ0n) is 20.8. The Morgan fingerprint density at radius 1 is 0.487 bits per heavy atom. The van der Waals surface area contributed by atoms with Crippen LogP contribution in [0.25, 0.3) is 82.8 Å². The average molecular weight is 501 g/mol. The molecule has 3 aromatic heterocycles. The predicted octanol–water partition coefficient (Wildman–Crippen LogP) is 9.64. The van der Waals surface area contributed by atoms with Crippen molar-refractivity contribution in [1.82, 2.24) is 9.55 Å². The first-order chi connectivity index (χ1) is 19.3. The van der Waals surface area contributed by atoms with Crippen LogP contribution in [0.5, 0.6) is 0 Å². The second-order valence-electron chi connectivity index (χ2n) is 9.99. The van der Waals surface area contributed by atoms with E-state index in [1.165, 1.54) is 21.8 Å². The zero-order valence-corrected chi connectivity index (χ0v) is 20.8. The fourth-order valence-corrected chi connectivity index (χ4v) is 6.09. The van der Waals surface area contributed by atoms with Crippen LogP contribution in [0.2, 0.25) is 0 Å². The van der Waals surface area contributed by atoms with Crippen molar-refractivity contribution in [3.63, 3.8) is 0 Å². The number of furan rings is 1. The Morgan fingerprint density at radius 3 is 1.92 bits per heavy atom. The topological polar surface area (TPSA) is 44.1 Å². The molecule has 0 saturated carbocycles. The van der Waals surface area contributed by atoms with Gasteiger partial charge in [0.25, 0.3) is 0 Å². The largest absolute Gasteiger partial charge is 0.455 e. The van der Waals surface area contributed by atoms with E-state index in [1.54, 1.807) is 0 Å². The fraction of sp³-hybridized carbons (Fsp3) is 0. The summed E-state index contributed by atoms with van der Waals surface area (Å²) in [6.07, 6.45) is 0. The molecule has 9 aromatic rings. The standard InChI is InChI=1S/C35H20N2O2/c1-2-12-26-22(9-1)28(35-36-29-13-5-8-16-32(29)39-35)20-27-25-18-17-21(19-33(25)38-34(26)27)37-30-14-6-3-10-23(30)24-11-4-7-15-31(24)37/h1-20H. The third-order valence-corrected chi connectivity index (χ3v) is 7.83. The van der Waals surface area contributed by atoms with Gasteiger partial charge in [-0.05, 0) is 47.9 Å². The van der Waals surface area contributed by atoms with Crippen LogP contribution in [0.3, 0.4) is 0 Å². The number of fused-ring (bicyclic) bond motifs is 9. The molecule has 0 aliphatic rings. The number of aromatic nitrogens is 2. The molecule has 0 amide bonds. The van der Waals surface area contributed by atoms with Crippen LogP contribution in [0.1, 0.15) is 0 Å². The molecule has 0 spiro atoms. The van der Waals surface area contributed by atoms with Crippen molar-refractivity contribution in [2.45, 2.75) is 0 Å². The van der Waals surface area contributed by atoms with Gasteiger partial charge in [0.1, 0.15) is 16.7 Å². The van der Waals surface area contributed by atoms with Crippen LogP contribution >= 0.6 is 0 Å². The molecule has 182 valence electrons.